The first-order valence-corrected chi connectivity index (χ1v) is 23.7. The van der Waals surface area contributed by atoms with Gasteiger partial charge in [0.1, 0.15) is 0 Å². The number of benzene rings is 11. The van der Waals surface area contributed by atoms with Crippen molar-refractivity contribution in [1.29, 1.82) is 0 Å². The van der Waals surface area contributed by atoms with E-state index in [2.05, 4.69) is 280 Å². The summed E-state index contributed by atoms with van der Waals surface area (Å²) in [5.74, 6) is 0. The van der Waals surface area contributed by atoms with Gasteiger partial charge >= 0.3 is 0 Å². The molecule has 0 aromatic heterocycles. The van der Waals surface area contributed by atoms with Gasteiger partial charge in [-0.05, 0) is 125 Å². The predicted octanol–water partition coefficient (Wildman–Crippen LogP) is 18.6. The van der Waals surface area contributed by atoms with Gasteiger partial charge < -0.3 is 4.90 Å². The first-order chi connectivity index (χ1) is 33.5. The normalized spacial score (nSPS) is 12.4. The summed E-state index contributed by atoms with van der Waals surface area (Å²) >= 11 is 0. The summed E-state index contributed by atoms with van der Waals surface area (Å²) in [5.41, 5.74) is 22.9. The molecule has 0 unspecified atom stereocenters. The van der Waals surface area contributed by atoms with Gasteiger partial charge in [-0.1, -0.05) is 244 Å². The fraction of sp³-hybridized carbons (Fsp3) is 0.0448. The van der Waals surface area contributed by atoms with Crippen LogP contribution in [0.1, 0.15) is 25.0 Å². The first kappa shape index (κ1) is 40.9. The standard InChI is InChI=1S/C67H49N/c1-67(2)62-34-14-13-30-61(62)65-59(32-17-35-63(65)67)52-25-15-26-54(45-52)68(53-43-41-47(42-44-53)46-37-39-51(40-38-46)56-31-16-24-49-23-9-10-27-55(49)56)64-36-18-33-58(50-21-7-4-8-22-50)66(64)60-29-12-11-28-57(60)48-19-5-3-6-20-48/h3-45H,1-2H3. The molecule has 0 amide bonds. The van der Waals surface area contributed by atoms with Crippen LogP contribution < -0.4 is 4.90 Å². The van der Waals surface area contributed by atoms with E-state index < -0.39 is 0 Å². The lowest BCUT2D eigenvalue weighted by Crippen LogP contribution is -2.14. The fourth-order valence-electron chi connectivity index (χ4n) is 10.8. The molecule has 0 bridgehead atoms. The van der Waals surface area contributed by atoms with Crippen molar-refractivity contribution in [2.24, 2.45) is 0 Å². The average Bonchev–Trinajstić information content (AvgIpc) is 3.65. The molecular formula is C67H49N. The molecule has 0 saturated carbocycles. The molecule has 1 nitrogen and oxygen atoms in total. The quantitative estimate of drug-likeness (QED) is 0.140. The molecule has 0 saturated heterocycles. The summed E-state index contributed by atoms with van der Waals surface area (Å²) in [6.07, 6.45) is 0. The van der Waals surface area contributed by atoms with Crippen molar-refractivity contribution in [3.8, 4) is 77.9 Å². The van der Waals surface area contributed by atoms with Gasteiger partial charge in [0.2, 0.25) is 0 Å². The minimum atomic E-state index is -0.0947. The Morgan fingerprint density at radius 2 is 0.750 bits per heavy atom. The third-order valence-corrected chi connectivity index (χ3v) is 14.1. The molecule has 0 aliphatic heterocycles. The van der Waals surface area contributed by atoms with E-state index in [9.17, 15) is 0 Å². The van der Waals surface area contributed by atoms with Gasteiger partial charge in [0.25, 0.3) is 0 Å². The van der Waals surface area contributed by atoms with E-state index in [1.807, 2.05) is 0 Å². The van der Waals surface area contributed by atoms with E-state index in [1.165, 1.54) is 99.8 Å². The molecule has 0 atom stereocenters. The smallest absolute Gasteiger partial charge is 0.0546 e. The predicted molar refractivity (Wildman–Crippen MR) is 289 cm³/mol. The van der Waals surface area contributed by atoms with E-state index in [1.54, 1.807) is 0 Å². The lowest BCUT2D eigenvalue weighted by Gasteiger charge is -2.30. The Balaban J connectivity index is 1.04. The van der Waals surface area contributed by atoms with E-state index in [4.69, 9.17) is 0 Å². The van der Waals surface area contributed by atoms with Crippen molar-refractivity contribution in [1.82, 2.24) is 0 Å². The van der Waals surface area contributed by atoms with E-state index >= 15 is 0 Å². The minimum absolute atomic E-state index is 0.0947. The molecular weight excluding hydrogens is 819 g/mol. The molecule has 0 heterocycles. The van der Waals surface area contributed by atoms with Crippen molar-refractivity contribution in [3.63, 3.8) is 0 Å². The third kappa shape index (κ3) is 7.12. The molecule has 322 valence electrons. The van der Waals surface area contributed by atoms with Crippen LogP contribution in [0.2, 0.25) is 0 Å². The van der Waals surface area contributed by atoms with E-state index in [0.717, 1.165) is 17.1 Å². The zero-order chi connectivity index (χ0) is 45.6. The monoisotopic (exact) mass is 867 g/mol. The summed E-state index contributed by atoms with van der Waals surface area (Å²) < 4.78 is 0. The van der Waals surface area contributed by atoms with Crippen LogP contribution in [0.25, 0.3) is 88.7 Å². The van der Waals surface area contributed by atoms with Crippen molar-refractivity contribution in [3.05, 3.63) is 272 Å². The second-order valence-corrected chi connectivity index (χ2v) is 18.4. The molecule has 11 aromatic carbocycles. The second-order valence-electron chi connectivity index (χ2n) is 18.4. The van der Waals surface area contributed by atoms with Gasteiger partial charge in [0.05, 0.1) is 5.69 Å². The van der Waals surface area contributed by atoms with Gasteiger partial charge in [-0.2, -0.15) is 0 Å². The maximum absolute atomic E-state index is 2.47. The number of anilines is 3. The number of nitrogens with zero attached hydrogens (tertiary/aromatic N) is 1. The molecule has 1 heteroatoms. The second kappa shape index (κ2) is 17.0. The lowest BCUT2D eigenvalue weighted by molar-refractivity contribution is 0.660. The van der Waals surface area contributed by atoms with Gasteiger partial charge in [-0.15, -0.1) is 0 Å². The Morgan fingerprint density at radius 3 is 1.50 bits per heavy atom. The van der Waals surface area contributed by atoms with Crippen molar-refractivity contribution in [2.45, 2.75) is 19.3 Å². The topological polar surface area (TPSA) is 3.24 Å². The lowest BCUT2D eigenvalue weighted by atomic mass is 9.82. The zero-order valence-corrected chi connectivity index (χ0v) is 38.3. The third-order valence-electron chi connectivity index (χ3n) is 14.1. The molecule has 0 radical (unpaired) electrons. The molecule has 68 heavy (non-hydrogen) atoms. The maximum atomic E-state index is 2.47. The first-order valence-electron chi connectivity index (χ1n) is 23.7. The number of rotatable bonds is 9. The molecule has 1 aliphatic carbocycles. The van der Waals surface area contributed by atoms with Gasteiger partial charge in [-0.3, -0.25) is 0 Å². The largest absolute Gasteiger partial charge is 0.310 e. The zero-order valence-electron chi connectivity index (χ0n) is 38.3. The van der Waals surface area contributed by atoms with Crippen molar-refractivity contribution in [2.75, 3.05) is 4.90 Å². The molecule has 12 rings (SSSR count). The molecule has 0 fully saturated rings. The van der Waals surface area contributed by atoms with Crippen LogP contribution in [0.5, 0.6) is 0 Å². The van der Waals surface area contributed by atoms with E-state index in [0.29, 0.717) is 0 Å². The Hall–Kier alpha value is -8.52. The number of hydrogen-bond acceptors (Lipinski definition) is 1. The highest BCUT2D eigenvalue weighted by Crippen LogP contribution is 2.53. The average molecular weight is 868 g/mol. The van der Waals surface area contributed by atoms with Crippen LogP contribution in [-0.2, 0) is 5.41 Å². The summed E-state index contributed by atoms with van der Waals surface area (Å²) in [6.45, 7) is 4.72. The minimum Gasteiger partial charge on any atom is -0.310 e. The van der Waals surface area contributed by atoms with Crippen LogP contribution in [-0.4, -0.2) is 0 Å². The Bertz CT molecular complexity index is 3620. The number of fused-ring (bicyclic) bond motifs is 4. The van der Waals surface area contributed by atoms with Crippen LogP contribution in [0, 0.1) is 0 Å². The maximum Gasteiger partial charge on any atom is 0.0546 e. The van der Waals surface area contributed by atoms with Gasteiger partial charge in [0.15, 0.2) is 0 Å². The SMILES string of the molecule is CC1(C)c2ccccc2-c2c(-c3cccc(N(c4ccc(-c5ccc(-c6cccc7ccccc67)cc5)cc4)c4cccc(-c5ccccc5)c4-c4ccccc4-c4ccccc4)c3)cccc21. The van der Waals surface area contributed by atoms with Crippen molar-refractivity contribution < 1.29 is 0 Å². The Morgan fingerprint density at radius 1 is 0.279 bits per heavy atom. The van der Waals surface area contributed by atoms with Crippen LogP contribution in [0.3, 0.4) is 0 Å². The highest BCUT2D eigenvalue weighted by molar-refractivity contribution is 6.02. The Labute approximate surface area is 399 Å². The van der Waals surface area contributed by atoms with Crippen molar-refractivity contribution >= 4 is 27.8 Å². The summed E-state index contributed by atoms with van der Waals surface area (Å²) in [5, 5.41) is 2.52. The summed E-state index contributed by atoms with van der Waals surface area (Å²) in [6, 6.07) is 95.7. The van der Waals surface area contributed by atoms with Crippen LogP contribution in [0.15, 0.2) is 261 Å². The molecule has 11 aromatic rings. The Kier molecular flexibility index (Phi) is 10.3. The number of hydrogen-bond donors (Lipinski definition) is 0. The molecule has 0 spiro atoms. The van der Waals surface area contributed by atoms with Gasteiger partial charge in [0, 0.05) is 22.4 Å². The highest BCUT2D eigenvalue weighted by atomic mass is 15.1. The summed E-state index contributed by atoms with van der Waals surface area (Å²) in [7, 11) is 0. The summed E-state index contributed by atoms with van der Waals surface area (Å²) in [4.78, 5) is 2.47. The van der Waals surface area contributed by atoms with Crippen LogP contribution >= 0.6 is 0 Å². The van der Waals surface area contributed by atoms with Gasteiger partial charge in [-0.25, -0.2) is 0 Å². The highest BCUT2D eigenvalue weighted by Gasteiger charge is 2.36. The van der Waals surface area contributed by atoms with E-state index in [-0.39, 0.29) is 5.41 Å². The molecule has 0 N–H and O–H groups in total. The van der Waals surface area contributed by atoms with Crippen LogP contribution in [0.4, 0.5) is 17.1 Å². The fourth-order valence-corrected chi connectivity index (χ4v) is 10.8. The molecule has 1 aliphatic rings.